The van der Waals surface area contributed by atoms with Gasteiger partial charge in [0.1, 0.15) is 0 Å². The zero-order valence-corrected chi connectivity index (χ0v) is 14.3. The van der Waals surface area contributed by atoms with Gasteiger partial charge in [-0.1, -0.05) is 12.1 Å². The molecule has 0 spiro atoms. The second-order valence-electron chi connectivity index (χ2n) is 5.48. The van der Waals surface area contributed by atoms with Gasteiger partial charge < -0.3 is 15.1 Å². The molecule has 0 bridgehead atoms. The van der Waals surface area contributed by atoms with Crippen LogP contribution in [0.1, 0.15) is 5.56 Å². The third-order valence-electron chi connectivity index (χ3n) is 3.77. The maximum absolute atomic E-state index is 12.2. The molecule has 1 saturated heterocycles. The minimum Gasteiger partial charge on any atom is -0.339 e. The summed E-state index contributed by atoms with van der Waals surface area (Å²) in [5.74, 6) is -0.256. The van der Waals surface area contributed by atoms with Gasteiger partial charge in [-0.2, -0.15) is 0 Å². The summed E-state index contributed by atoms with van der Waals surface area (Å²) in [7, 11) is 1.59. The summed E-state index contributed by atoms with van der Waals surface area (Å²) in [6.07, 6.45) is 0.114. The zero-order chi connectivity index (χ0) is 16.8. The Balaban J connectivity index is 0.00000288. The second kappa shape index (κ2) is 9.19. The number of likely N-dealkylation sites (N-methyl/N-ethyl adjacent to an activating group) is 1. The Morgan fingerprint density at radius 1 is 1.25 bits per heavy atom. The molecule has 0 unspecified atom stereocenters. The quantitative estimate of drug-likeness (QED) is 0.610. The first kappa shape index (κ1) is 19.9. The molecule has 2 rings (SSSR count). The van der Waals surface area contributed by atoms with Crippen molar-refractivity contribution in [2.75, 3.05) is 39.8 Å². The predicted octanol–water partition coefficient (Wildman–Crippen LogP) is 0.449. The summed E-state index contributed by atoms with van der Waals surface area (Å²) in [6.45, 7) is 2.90. The Bertz CT molecular complexity index is 588. The first-order valence-corrected chi connectivity index (χ1v) is 7.43. The molecular formula is C15H21ClN4O4. The number of nitrogens with one attached hydrogen (secondary N) is 1. The number of carbonyl (C=O) groups is 2. The summed E-state index contributed by atoms with van der Waals surface area (Å²) in [6, 6.07) is 5.85. The third kappa shape index (κ3) is 5.47. The van der Waals surface area contributed by atoms with E-state index in [1.165, 1.54) is 17.0 Å². The summed E-state index contributed by atoms with van der Waals surface area (Å²) < 4.78 is 0. The Labute approximate surface area is 146 Å². The fourth-order valence-corrected chi connectivity index (χ4v) is 2.35. The van der Waals surface area contributed by atoms with E-state index in [0.29, 0.717) is 18.7 Å². The van der Waals surface area contributed by atoms with Crippen LogP contribution in [0.15, 0.2) is 24.3 Å². The van der Waals surface area contributed by atoms with E-state index in [-0.39, 0.29) is 42.9 Å². The fraction of sp³-hybridized carbons (Fsp3) is 0.467. The first-order chi connectivity index (χ1) is 11.0. The maximum atomic E-state index is 12.2. The standard InChI is InChI=1S/C15H20N4O4.ClH/c1-17(11-15(21)18-8-6-16-7-9-18)14(20)10-12-2-4-13(5-3-12)19(22)23;/h2-5,16H,6-11H2,1H3;1H. The highest BCUT2D eigenvalue weighted by Gasteiger charge is 2.20. The lowest BCUT2D eigenvalue weighted by Crippen LogP contribution is -2.49. The van der Waals surface area contributed by atoms with Crippen molar-refractivity contribution in [3.63, 3.8) is 0 Å². The molecule has 0 atom stereocenters. The number of nitro groups is 1. The van der Waals surface area contributed by atoms with Gasteiger partial charge in [-0.15, -0.1) is 12.4 Å². The number of rotatable bonds is 5. The van der Waals surface area contributed by atoms with E-state index in [1.807, 2.05) is 0 Å². The van der Waals surface area contributed by atoms with Crippen molar-refractivity contribution in [2.24, 2.45) is 0 Å². The van der Waals surface area contributed by atoms with E-state index in [4.69, 9.17) is 0 Å². The van der Waals surface area contributed by atoms with E-state index in [2.05, 4.69) is 5.32 Å². The average molecular weight is 357 g/mol. The van der Waals surface area contributed by atoms with Gasteiger partial charge >= 0.3 is 0 Å². The summed E-state index contributed by atoms with van der Waals surface area (Å²) in [5, 5.41) is 13.8. The number of hydrogen-bond donors (Lipinski definition) is 1. The summed E-state index contributed by atoms with van der Waals surface area (Å²) in [5.41, 5.74) is 0.672. The van der Waals surface area contributed by atoms with E-state index in [0.717, 1.165) is 13.1 Å². The SMILES string of the molecule is CN(CC(=O)N1CCNCC1)C(=O)Cc1ccc([N+](=O)[O-])cc1.Cl. The van der Waals surface area contributed by atoms with E-state index in [1.54, 1.807) is 24.1 Å². The van der Waals surface area contributed by atoms with Crippen molar-refractivity contribution in [3.05, 3.63) is 39.9 Å². The van der Waals surface area contributed by atoms with E-state index >= 15 is 0 Å². The van der Waals surface area contributed by atoms with Crippen LogP contribution in [0.25, 0.3) is 0 Å². The number of non-ortho nitro benzene ring substituents is 1. The number of amides is 2. The molecule has 0 saturated carbocycles. The van der Waals surface area contributed by atoms with Gasteiger partial charge in [-0.3, -0.25) is 19.7 Å². The molecule has 1 aliphatic heterocycles. The molecule has 2 amide bonds. The highest BCUT2D eigenvalue weighted by atomic mass is 35.5. The smallest absolute Gasteiger partial charge is 0.269 e. The van der Waals surface area contributed by atoms with Gasteiger partial charge in [0.2, 0.25) is 11.8 Å². The molecule has 9 heteroatoms. The van der Waals surface area contributed by atoms with Crippen LogP contribution in [-0.4, -0.2) is 66.3 Å². The topological polar surface area (TPSA) is 95.8 Å². The van der Waals surface area contributed by atoms with Gasteiger partial charge in [0.05, 0.1) is 17.9 Å². The molecule has 0 radical (unpaired) electrons. The number of nitro benzene ring substituents is 1. The zero-order valence-electron chi connectivity index (χ0n) is 13.4. The molecule has 24 heavy (non-hydrogen) atoms. The molecule has 1 N–H and O–H groups in total. The van der Waals surface area contributed by atoms with Gasteiger partial charge in [-0.25, -0.2) is 0 Å². The fourth-order valence-electron chi connectivity index (χ4n) is 2.35. The molecule has 1 aliphatic rings. The Morgan fingerprint density at radius 2 is 1.83 bits per heavy atom. The van der Waals surface area contributed by atoms with Crippen LogP contribution in [0.4, 0.5) is 5.69 Å². The van der Waals surface area contributed by atoms with Crippen molar-refractivity contribution in [3.8, 4) is 0 Å². The monoisotopic (exact) mass is 356 g/mol. The number of benzene rings is 1. The Hall–Kier alpha value is -2.19. The Morgan fingerprint density at radius 3 is 2.38 bits per heavy atom. The van der Waals surface area contributed by atoms with Crippen LogP contribution in [0, 0.1) is 10.1 Å². The lowest BCUT2D eigenvalue weighted by atomic mass is 10.1. The molecule has 1 fully saturated rings. The van der Waals surface area contributed by atoms with Crippen LogP contribution in [0.3, 0.4) is 0 Å². The Kier molecular flexibility index (Phi) is 7.60. The molecule has 1 aromatic carbocycles. The number of halogens is 1. The maximum Gasteiger partial charge on any atom is 0.269 e. The van der Waals surface area contributed by atoms with Crippen molar-refractivity contribution in [1.82, 2.24) is 15.1 Å². The molecule has 1 heterocycles. The number of piperazine rings is 1. The molecule has 132 valence electrons. The highest BCUT2D eigenvalue weighted by Crippen LogP contribution is 2.12. The van der Waals surface area contributed by atoms with Crippen LogP contribution >= 0.6 is 12.4 Å². The lowest BCUT2D eigenvalue weighted by molar-refractivity contribution is -0.384. The van der Waals surface area contributed by atoms with Gasteiger partial charge in [0.25, 0.3) is 5.69 Å². The second-order valence-corrected chi connectivity index (χ2v) is 5.48. The molecule has 0 aliphatic carbocycles. The predicted molar refractivity (Wildman–Crippen MR) is 91.1 cm³/mol. The molecule has 8 nitrogen and oxygen atoms in total. The van der Waals surface area contributed by atoms with Crippen molar-refractivity contribution in [2.45, 2.75) is 6.42 Å². The van der Waals surface area contributed by atoms with Crippen molar-refractivity contribution < 1.29 is 14.5 Å². The first-order valence-electron chi connectivity index (χ1n) is 7.43. The molecule has 0 aromatic heterocycles. The van der Waals surface area contributed by atoms with Crippen LogP contribution in [-0.2, 0) is 16.0 Å². The third-order valence-corrected chi connectivity index (χ3v) is 3.77. The minimum absolute atomic E-state index is 0. The van der Waals surface area contributed by atoms with E-state index in [9.17, 15) is 19.7 Å². The van der Waals surface area contributed by atoms with Gasteiger partial charge in [0.15, 0.2) is 0 Å². The summed E-state index contributed by atoms with van der Waals surface area (Å²) in [4.78, 5) is 37.5. The molecule has 1 aromatic rings. The number of hydrogen-bond acceptors (Lipinski definition) is 5. The largest absolute Gasteiger partial charge is 0.339 e. The highest BCUT2D eigenvalue weighted by molar-refractivity contribution is 5.86. The van der Waals surface area contributed by atoms with Crippen molar-refractivity contribution >= 4 is 29.9 Å². The number of nitrogens with zero attached hydrogens (tertiary/aromatic N) is 3. The van der Waals surface area contributed by atoms with Crippen molar-refractivity contribution in [1.29, 1.82) is 0 Å². The van der Waals surface area contributed by atoms with Crippen LogP contribution < -0.4 is 5.32 Å². The minimum atomic E-state index is -0.482. The van der Waals surface area contributed by atoms with Gasteiger partial charge in [0, 0.05) is 45.4 Å². The van der Waals surface area contributed by atoms with Crippen LogP contribution in [0.2, 0.25) is 0 Å². The van der Waals surface area contributed by atoms with Crippen LogP contribution in [0.5, 0.6) is 0 Å². The van der Waals surface area contributed by atoms with Gasteiger partial charge in [-0.05, 0) is 5.56 Å². The average Bonchev–Trinajstić information content (AvgIpc) is 2.56. The molecular weight excluding hydrogens is 336 g/mol. The number of carbonyl (C=O) groups excluding carboxylic acids is 2. The van der Waals surface area contributed by atoms with E-state index < -0.39 is 4.92 Å². The lowest BCUT2D eigenvalue weighted by Gasteiger charge is -2.29. The normalized spacial score (nSPS) is 13.8. The summed E-state index contributed by atoms with van der Waals surface area (Å²) >= 11 is 0.